The first-order valence-electron chi connectivity index (χ1n) is 6.68. The standard InChI is InChI=1S/C15H12ClF3N2O/c16-12-6-2-3-9-10(12)4-1-5-11(9)14(15(17,18)19)21-8-7-13(22)20-21/h1-6,14H,7-8H2,(H,20,22). The highest BCUT2D eigenvalue weighted by atomic mass is 35.5. The van der Waals surface area contributed by atoms with Gasteiger partial charge in [-0.1, -0.05) is 41.9 Å². The van der Waals surface area contributed by atoms with E-state index in [0.717, 1.165) is 5.01 Å². The first-order valence-corrected chi connectivity index (χ1v) is 7.05. The number of amides is 1. The molecule has 22 heavy (non-hydrogen) atoms. The Balaban J connectivity index is 2.17. The van der Waals surface area contributed by atoms with E-state index in [4.69, 9.17) is 11.6 Å². The van der Waals surface area contributed by atoms with E-state index < -0.39 is 18.1 Å². The van der Waals surface area contributed by atoms with Gasteiger partial charge in [0.2, 0.25) is 5.91 Å². The molecule has 2 aromatic carbocycles. The number of fused-ring (bicyclic) bond motifs is 1. The van der Waals surface area contributed by atoms with Crippen LogP contribution in [0.1, 0.15) is 18.0 Å². The number of nitrogens with one attached hydrogen (secondary N) is 1. The third-order valence-corrected chi connectivity index (χ3v) is 4.00. The lowest BCUT2D eigenvalue weighted by atomic mass is 9.98. The number of rotatable bonds is 2. The topological polar surface area (TPSA) is 32.3 Å². The molecule has 1 fully saturated rings. The van der Waals surface area contributed by atoms with Crippen molar-refractivity contribution in [3.63, 3.8) is 0 Å². The van der Waals surface area contributed by atoms with Crippen molar-refractivity contribution in [2.75, 3.05) is 6.54 Å². The van der Waals surface area contributed by atoms with E-state index >= 15 is 0 Å². The number of hydrogen-bond acceptors (Lipinski definition) is 2. The number of halogens is 4. The van der Waals surface area contributed by atoms with Gasteiger partial charge < -0.3 is 0 Å². The number of benzene rings is 2. The van der Waals surface area contributed by atoms with Crippen LogP contribution in [-0.4, -0.2) is 23.6 Å². The zero-order valence-corrected chi connectivity index (χ0v) is 12.1. The predicted octanol–water partition coefficient (Wildman–Crippen LogP) is 3.83. The van der Waals surface area contributed by atoms with Crippen LogP contribution in [0.15, 0.2) is 36.4 Å². The van der Waals surface area contributed by atoms with Crippen LogP contribution in [0.2, 0.25) is 5.02 Å². The van der Waals surface area contributed by atoms with E-state index in [1.165, 1.54) is 6.07 Å². The minimum absolute atomic E-state index is 0.0139. The Labute approximate surface area is 129 Å². The van der Waals surface area contributed by atoms with Crippen LogP contribution in [0, 0.1) is 0 Å². The normalized spacial score (nSPS) is 17.7. The molecule has 1 saturated heterocycles. The average Bonchev–Trinajstić information content (AvgIpc) is 2.85. The minimum atomic E-state index is -4.52. The second kappa shape index (κ2) is 5.44. The van der Waals surface area contributed by atoms with Gasteiger partial charge in [-0.05, 0) is 17.0 Å². The van der Waals surface area contributed by atoms with E-state index in [0.29, 0.717) is 15.8 Å². The highest BCUT2D eigenvalue weighted by Crippen LogP contribution is 2.41. The van der Waals surface area contributed by atoms with Gasteiger partial charge in [0.15, 0.2) is 6.04 Å². The van der Waals surface area contributed by atoms with Gasteiger partial charge >= 0.3 is 6.18 Å². The molecule has 1 aliphatic heterocycles. The second-order valence-electron chi connectivity index (χ2n) is 5.10. The molecule has 1 heterocycles. The van der Waals surface area contributed by atoms with Crippen molar-refractivity contribution < 1.29 is 18.0 Å². The maximum Gasteiger partial charge on any atom is 0.409 e. The quantitative estimate of drug-likeness (QED) is 0.908. The number of alkyl halides is 3. The van der Waals surface area contributed by atoms with Gasteiger partial charge in [-0.3, -0.25) is 10.2 Å². The molecule has 1 atom stereocenters. The van der Waals surface area contributed by atoms with E-state index in [9.17, 15) is 18.0 Å². The maximum absolute atomic E-state index is 13.6. The van der Waals surface area contributed by atoms with Crippen molar-refractivity contribution in [2.24, 2.45) is 0 Å². The Bertz CT molecular complexity index is 732. The van der Waals surface area contributed by atoms with Crippen LogP contribution in [0.4, 0.5) is 13.2 Å². The van der Waals surface area contributed by atoms with Crippen LogP contribution in [0.3, 0.4) is 0 Å². The lowest BCUT2D eigenvalue weighted by Crippen LogP contribution is -2.43. The Kier molecular flexibility index (Phi) is 3.74. The molecule has 2 aromatic rings. The summed E-state index contributed by atoms with van der Waals surface area (Å²) in [5.74, 6) is -0.410. The average molecular weight is 329 g/mol. The first kappa shape index (κ1) is 15.1. The molecule has 3 rings (SSSR count). The van der Waals surface area contributed by atoms with Crippen molar-refractivity contribution in [3.05, 3.63) is 47.0 Å². The molecule has 7 heteroatoms. The SMILES string of the molecule is O=C1CCN(C(c2cccc3c(Cl)cccc23)C(F)(F)F)N1. The molecule has 1 unspecified atom stereocenters. The van der Waals surface area contributed by atoms with Crippen molar-refractivity contribution in [1.29, 1.82) is 0 Å². The van der Waals surface area contributed by atoms with E-state index in [1.807, 2.05) is 0 Å². The summed E-state index contributed by atoms with van der Waals surface area (Å²) in [6, 6.07) is 7.59. The van der Waals surface area contributed by atoms with Gasteiger partial charge in [-0.2, -0.15) is 13.2 Å². The Morgan fingerprint density at radius 3 is 2.45 bits per heavy atom. The lowest BCUT2D eigenvalue weighted by Gasteiger charge is -2.30. The fraction of sp³-hybridized carbons (Fsp3) is 0.267. The molecule has 1 aliphatic rings. The molecule has 0 spiro atoms. The Morgan fingerprint density at radius 2 is 1.82 bits per heavy atom. The van der Waals surface area contributed by atoms with E-state index in [-0.39, 0.29) is 18.5 Å². The summed E-state index contributed by atoms with van der Waals surface area (Å²) >= 11 is 6.07. The summed E-state index contributed by atoms with van der Waals surface area (Å²) in [4.78, 5) is 11.3. The molecule has 0 radical (unpaired) electrons. The number of carbonyl (C=O) groups is 1. The van der Waals surface area contributed by atoms with Crippen molar-refractivity contribution in [2.45, 2.75) is 18.6 Å². The van der Waals surface area contributed by atoms with Gasteiger partial charge in [0.05, 0.1) is 0 Å². The van der Waals surface area contributed by atoms with Crippen LogP contribution in [-0.2, 0) is 4.79 Å². The molecule has 0 aromatic heterocycles. The van der Waals surface area contributed by atoms with Gasteiger partial charge in [-0.25, -0.2) is 5.01 Å². The fourth-order valence-corrected chi connectivity index (χ4v) is 2.98. The van der Waals surface area contributed by atoms with Gasteiger partial charge in [-0.15, -0.1) is 0 Å². The number of hydrogen-bond donors (Lipinski definition) is 1. The molecule has 1 N–H and O–H groups in total. The first-order chi connectivity index (χ1) is 10.4. The molecule has 0 saturated carbocycles. The highest BCUT2D eigenvalue weighted by molar-refractivity contribution is 6.35. The summed E-state index contributed by atoms with van der Waals surface area (Å²) in [6.07, 6.45) is -4.47. The summed E-state index contributed by atoms with van der Waals surface area (Å²) in [5.41, 5.74) is 2.36. The van der Waals surface area contributed by atoms with Crippen molar-refractivity contribution in [3.8, 4) is 0 Å². The smallest absolute Gasteiger partial charge is 0.288 e. The van der Waals surface area contributed by atoms with Crippen LogP contribution >= 0.6 is 11.6 Å². The molecule has 116 valence electrons. The van der Waals surface area contributed by atoms with Gasteiger partial charge in [0.1, 0.15) is 0 Å². The molecule has 3 nitrogen and oxygen atoms in total. The van der Waals surface area contributed by atoms with E-state index in [2.05, 4.69) is 5.43 Å². The van der Waals surface area contributed by atoms with Crippen molar-refractivity contribution in [1.82, 2.24) is 10.4 Å². The predicted molar refractivity (Wildman–Crippen MR) is 77.2 cm³/mol. The van der Waals surface area contributed by atoms with Gasteiger partial charge in [0, 0.05) is 23.4 Å². The van der Waals surface area contributed by atoms with Crippen molar-refractivity contribution >= 4 is 28.3 Å². The zero-order chi connectivity index (χ0) is 15.9. The number of carbonyl (C=O) groups excluding carboxylic acids is 1. The van der Waals surface area contributed by atoms with E-state index in [1.54, 1.807) is 30.3 Å². The third kappa shape index (κ3) is 2.64. The monoisotopic (exact) mass is 328 g/mol. The summed E-state index contributed by atoms with van der Waals surface area (Å²) < 4.78 is 40.8. The Hall–Kier alpha value is -1.79. The van der Waals surface area contributed by atoms with Crippen LogP contribution in [0.25, 0.3) is 10.8 Å². The number of nitrogens with zero attached hydrogens (tertiary/aromatic N) is 1. The lowest BCUT2D eigenvalue weighted by molar-refractivity contribution is -0.190. The summed E-state index contributed by atoms with van der Waals surface area (Å²) in [7, 11) is 0. The molecular formula is C15H12ClF3N2O. The molecule has 0 aliphatic carbocycles. The highest BCUT2D eigenvalue weighted by Gasteiger charge is 2.47. The summed E-state index contributed by atoms with van der Waals surface area (Å²) in [5, 5.41) is 2.32. The number of hydrazine groups is 1. The largest absolute Gasteiger partial charge is 0.409 e. The molecular weight excluding hydrogens is 317 g/mol. The third-order valence-electron chi connectivity index (χ3n) is 3.67. The van der Waals surface area contributed by atoms with Crippen LogP contribution < -0.4 is 5.43 Å². The maximum atomic E-state index is 13.6. The molecule has 1 amide bonds. The Morgan fingerprint density at radius 1 is 1.14 bits per heavy atom. The molecule has 0 bridgehead atoms. The van der Waals surface area contributed by atoms with Gasteiger partial charge in [0.25, 0.3) is 0 Å². The summed E-state index contributed by atoms with van der Waals surface area (Å²) in [6.45, 7) is 0.0139. The minimum Gasteiger partial charge on any atom is -0.288 e. The second-order valence-corrected chi connectivity index (χ2v) is 5.51. The zero-order valence-electron chi connectivity index (χ0n) is 11.3. The fourth-order valence-electron chi connectivity index (χ4n) is 2.74. The van der Waals surface area contributed by atoms with Crippen LogP contribution in [0.5, 0.6) is 0 Å².